The van der Waals surface area contributed by atoms with Gasteiger partial charge >= 0.3 is 0 Å². The highest BCUT2D eigenvalue weighted by Gasteiger charge is 2.12. The van der Waals surface area contributed by atoms with E-state index < -0.39 is 0 Å². The van der Waals surface area contributed by atoms with E-state index in [1.54, 1.807) is 6.07 Å². The van der Waals surface area contributed by atoms with E-state index in [1.807, 2.05) is 13.0 Å². The van der Waals surface area contributed by atoms with E-state index in [0.29, 0.717) is 10.5 Å². The van der Waals surface area contributed by atoms with Crippen LogP contribution in [0.1, 0.15) is 24.8 Å². The van der Waals surface area contributed by atoms with Gasteiger partial charge in [0.2, 0.25) is 0 Å². The van der Waals surface area contributed by atoms with Crippen molar-refractivity contribution in [3.05, 3.63) is 28.0 Å². The summed E-state index contributed by atoms with van der Waals surface area (Å²) in [5.74, 6) is -0.213. The van der Waals surface area contributed by atoms with E-state index >= 15 is 0 Å². The Morgan fingerprint density at radius 2 is 2.29 bits per heavy atom. The van der Waals surface area contributed by atoms with Gasteiger partial charge in [0.15, 0.2) is 0 Å². The summed E-state index contributed by atoms with van der Waals surface area (Å²) >= 11 is 3.19. The summed E-state index contributed by atoms with van der Waals surface area (Å²) in [6.07, 6.45) is 3.75. The predicted octanol–water partition coefficient (Wildman–Crippen LogP) is 3.45. The zero-order valence-electron chi connectivity index (χ0n) is 10.0. The van der Waals surface area contributed by atoms with Crippen LogP contribution in [0.25, 0.3) is 0 Å². The Hall–Kier alpha value is -0.610. The molecule has 2 N–H and O–H groups in total. The Bertz CT molecular complexity index is 389. The molecule has 1 fully saturated rings. The Kier molecular flexibility index (Phi) is 4.40. The molecule has 1 aromatic carbocycles. The van der Waals surface area contributed by atoms with Crippen molar-refractivity contribution in [2.45, 2.75) is 32.2 Å². The lowest BCUT2D eigenvalue weighted by molar-refractivity contribution is 0.414. The van der Waals surface area contributed by atoms with Crippen LogP contribution in [0.15, 0.2) is 16.6 Å². The van der Waals surface area contributed by atoms with E-state index in [0.717, 1.165) is 24.3 Å². The molecular formula is C13H18BrFN2. The molecule has 4 heteroatoms. The largest absolute Gasteiger partial charge is 0.383 e. The van der Waals surface area contributed by atoms with Crippen molar-refractivity contribution in [1.29, 1.82) is 0 Å². The summed E-state index contributed by atoms with van der Waals surface area (Å²) in [5, 5.41) is 6.80. The number of hydrogen-bond acceptors (Lipinski definition) is 2. The van der Waals surface area contributed by atoms with E-state index in [-0.39, 0.29) is 5.82 Å². The number of halogens is 2. The third kappa shape index (κ3) is 3.42. The van der Waals surface area contributed by atoms with Crippen LogP contribution in [0.2, 0.25) is 0 Å². The monoisotopic (exact) mass is 300 g/mol. The molecule has 0 spiro atoms. The van der Waals surface area contributed by atoms with Crippen molar-refractivity contribution < 1.29 is 4.39 Å². The van der Waals surface area contributed by atoms with E-state index in [9.17, 15) is 4.39 Å². The maximum atomic E-state index is 13.4. The standard InChI is InChI=1S/C13H18BrFN2/c1-9-6-11(14)12(15)7-13(9)17-8-10-4-2-3-5-16-10/h6-7,10,16-17H,2-5,8H2,1H3. The lowest BCUT2D eigenvalue weighted by Gasteiger charge is -2.24. The highest BCUT2D eigenvalue weighted by molar-refractivity contribution is 9.10. The van der Waals surface area contributed by atoms with E-state index in [1.165, 1.54) is 19.3 Å². The van der Waals surface area contributed by atoms with Crippen LogP contribution < -0.4 is 10.6 Å². The third-order valence-electron chi connectivity index (χ3n) is 3.22. The maximum Gasteiger partial charge on any atom is 0.139 e. The van der Waals surface area contributed by atoms with Crippen molar-refractivity contribution in [2.75, 3.05) is 18.4 Å². The highest BCUT2D eigenvalue weighted by atomic mass is 79.9. The Balaban J connectivity index is 1.96. The molecule has 0 radical (unpaired) electrons. The van der Waals surface area contributed by atoms with Crippen LogP contribution >= 0.6 is 15.9 Å². The average Bonchev–Trinajstić information content (AvgIpc) is 2.33. The Morgan fingerprint density at radius 1 is 1.47 bits per heavy atom. The molecule has 0 saturated carbocycles. The van der Waals surface area contributed by atoms with Gasteiger partial charge in [0.1, 0.15) is 5.82 Å². The molecule has 1 aromatic rings. The van der Waals surface area contributed by atoms with Gasteiger partial charge in [0.05, 0.1) is 4.47 Å². The first-order chi connectivity index (χ1) is 8.16. The lowest BCUT2D eigenvalue weighted by Crippen LogP contribution is -2.39. The fraction of sp³-hybridized carbons (Fsp3) is 0.538. The van der Waals surface area contributed by atoms with Gasteiger partial charge in [-0.25, -0.2) is 4.39 Å². The SMILES string of the molecule is Cc1cc(Br)c(F)cc1NCC1CCCCN1. The second-order valence-electron chi connectivity index (χ2n) is 4.61. The number of aryl methyl sites for hydroxylation is 1. The fourth-order valence-electron chi connectivity index (χ4n) is 2.17. The molecule has 0 aliphatic carbocycles. The molecular weight excluding hydrogens is 283 g/mol. The summed E-state index contributed by atoms with van der Waals surface area (Å²) < 4.78 is 13.9. The van der Waals surface area contributed by atoms with Crippen LogP contribution in [0.4, 0.5) is 10.1 Å². The topological polar surface area (TPSA) is 24.1 Å². The summed E-state index contributed by atoms with van der Waals surface area (Å²) in [4.78, 5) is 0. The van der Waals surface area contributed by atoms with Crippen molar-refractivity contribution in [1.82, 2.24) is 5.32 Å². The van der Waals surface area contributed by atoms with Crippen molar-refractivity contribution in [2.24, 2.45) is 0 Å². The Morgan fingerprint density at radius 3 is 3.00 bits per heavy atom. The average molecular weight is 301 g/mol. The second kappa shape index (κ2) is 5.83. The van der Waals surface area contributed by atoms with Gasteiger partial charge in [-0.15, -0.1) is 0 Å². The van der Waals surface area contributed by atoms with Gasteiger partial charge in [0, 0.05) is 18.3 Å². The number of rotatable bonds is 3. The third-order valence-corrected chi connectivity index (χ3v) is 3.83. The van der Waals surface area contributed by atoms with Gasteiger partial charge in [-0.1, -0.05) is 6.42 Å². The molecule has 0 amide bonds. The highest BCUT2D eigenvalue weighted by Crippen LogP contribution is 2.24. The molecule has 17 heavy (non-hydrogen) atoms. The van der Waals surface area contributed by atoms with E-state index in [4.69, 9.17) is 0 Å². The van der Waals surface area contributed by atoms with Gasteiger partial charge in [-0.05, 0) is 59.9 Å². The van der Waals surface area contributed by atoms with Crippen molar-refractivity contribution in [3.63, 3.8) is 0 Å². The summed E-state index contributed by atoms with van der Waals surface area (Å²) in [5.41, 5.74) is 1.95. The second-order valence-corrected chi connectivity index (χ2v) is 5.46. The molecule has 1 heterocycles. The van der Waals surface area contributed by atoms with Crippen molar-refractivity contribution >= 4 is 21.6 Å². The van der Waals surface area contributed by atoms with Gasteiger partial charge in [-0.3, -0.25) is 0 Å². The molecule has 1 atom stereocenters. The summed E-state index contributed by atoms with van der Waals surface area (Å²) in [6, 6.07) is 3.88. The fourth-order valence-corrected chi connectivity index (χ4v) is 2.63. The molecule has 2 rings (SSSR count). The quantitative estimate of drug-likeness (QED) is 0.893. The summed E-state index contributed by atoms with van der Waals surface area (Å²) in [6.45, 7) is 3.95. The van der Waals surface area contributed by atoms with Gasteiger partial charge in [-0.2, -0.15) is 0 Å². The minimum atomic E-state index is -0.213. The van der Waals surface area contributed by atoms with E-state index in [2.05, 4.69) is 26.6 Å². The van der Waals surface area contributed by atoms with Crippen LogP contribution in [0.5, 0.6) is 0 Å². The Labute approximate surface area is 110 Å². The minimum absolute atomic E-state index is 0.213. The summed E-state index contributed by atoms with van der Waals surface area (Å²) in [7, 11) is 0. The first kappa shape index (κ1) is 12.8. The molecule has 1 aliphatic rings. The zero-order valence-corrected chi connectivity index (χ0v) is 11.6. The minimum Gasteiger partial charge on any atom is -0.383 e. The van der Waals surface area contributed by atoms with Crippen LogP contribution in [0.3, 0.4) is 0 Å². The molecule has 1 unspecified atom stereocenters. The number of piperidine rings is 1. The van der Waals surface area contributed by atoms with Crippen LogP contribution in [-0.2, 0) is 0 Å². The predicted molar refractivity (Wildman–Crippen MR) is 73.0 cm³/mol. The smallest absolute Gasteiger partial charge is 0.139 e. The normalized spacial score (nSPS) is 20.3. The first-order valence-corrected chi connectivity index (χ1v) is 6.89. The van der Waals surface area contributed by atoms with Gasteiger partial charge < -0.3 is 10.6 Å². The number of hydrogen-bond donors (Lipinski definition) is 2. The van der Waals surface area contributed by atoms with Crippen LogP contribution in [-0.4, -0.2) is 19.1 Å². The lowest BCUT2D eigenvalue weighted by atomic mass is 10.0. The number of nitrogens with one attached hydrogen (secondary N) is 2. The molecule has 1 aliphatic heterocycles. The van der Waals surface area contributed by atoms with Gasteiger partial charge in [0.25, 0.3) is 0 Å². The zero-order chi connectivity index (χ0) is 12.3. The number of anilines is 1. The molecule has 0 bridgehead atoms. The molecule has 1 saturated heterocycles. The maximum absolute atomic E-state index is 13.4. The molecule has 0 aromatic heterocycles. The molecule has 2 nitrogen and oxygen atoms in total. The number of benzene rings is 1. The van der Waals surface area contributed by atoms with Crippen molar-refractivity contribution in [3.8, 4) is 0 Å². The first-order valence-electron chi connectivity index (χ1n) is 6.09. The molecule has 94 valence electrons. The van der Waals surface area contributed by atoms with Crippen LogP contribution in [0, 0.1) is 12.7 Å².